The average Bonchev–Trinajstić information content (AvgIpc) is 2.51. The zero-order chi connectivity index (χ0) is 10.6. The van der Waals surface area contributed by atoms with Crippen LogP contribution in [0.5, 0.6) is 0 Å². The van der Waals surface area contributed by atoms with Crippen molar-refractivity contribution >= 4 is 0 Å². The largest absolute Gasteiger partial charge is 0.321 e. The van der Waals surface area contributed by atoms with Crippen molar-refractivity contribution < 1.29 is 0 Å². The third-order valence-corrected chi connectivity index (χ3v) is 2.17. The second kappa shape index (κ2) is 5.10. The Morgan fingerprint density at radius 1 is 1.50 bits per heavy atom. The Bertz CT molecular complexity index is 267. The number of aromatic nitrogens is 3. The van der Waals surface area contributed by atoms with E-state index < -0.39 is 0 Å². The van der Waals surface area contributed by atoms with Crippen molar-refractivity contribution in [1.29, 1.82) is 0 Å². The first kappa shape index (κ1) is 11.2. The highest BCUT2D eigenvalue weighted by molar-refractivity contribution is 4.93. The van der Waals surface area contributed by atoms with Crippen molar-refractivity contribution in [2.24, 2.45) is 11.7 Å². The average molecular weight is 196 g/mol. The normalized spacial score (nSPS) is 13.5. The van der Waals surface area contributed by atoms with E-state index in [9.17, 15) is 0 Å². The summed E-state index contributed by atoms with van der Waals surface area (Å²) in [5.74, 6) is 1.51. The molecule has 0 aliphatic carbocycles. The fourth-order valence-electron chi connectivity index (χ4n) is 1.58. The van der Waals surface area contributed by atoms with Gasteiger partial charge in [-0.1, -0.05) is 20.8 Å². The summed E-state index contributed by atoms with van der Waals surface area (Å²) in [5.41, 5.74) is 6.05. The molecule has 80 valence electrons. The highest BCUT2D eigenvalue weighted by Gasteiger charge is 2.14. The van der Waals surface area contributed by atoms with E-state index in [0.717, 1.165) is 25.2 Å². The van der Waals surface area contributed by atoms with Gasteiger partial charge in [-0.15, -0.1) is 10.2 Å². The number of hydrogen-bond donors (Lipinski definition) is 1. The number of aryl methyl sites for hydroxylation is 1. The highest BCUT2D eigenvalue weighted by Crippen LogP contribution is 2.16. The Kier molecular flexibility index (Phi) is 4.07. The summed E-state index contributed by atoms with van der Waals surface area (Å²) >= 11 is 0. The second-order valence-electron chi connectivity index (χ2n) is 4.12. The van der Waals surface area contributed by atoms with E-state index in [4.69, 9.17) is 5.73 Å². The molecule has 4 nitrogen and oxygen atoms in total. The van der Waals surface area contributed by atoms with Crippen LogP contribution in [0.2, 0.25) is 0 Å². The molecule has 0 spiro atoms. The maximum Gasteiger partial charge on any atom is 0.149 e. The molecule has 0 aromatic carbocycles. The summed E-state index contributed by atoms with van der Waals surface area (Å²) in [6, 6.07) is 0.0176. The van der Waals surface area contributed by atoms with Crippen molar-refractivity contribution in [3.05, 3.63) is 12.2 Å². The first-order chi connectivity index (χ1) is 6.65. The van der Waals surface area contributed by atoms with Crippen molar-refractivity contribution in [1.82, 2.24) is 14.8 Å². The van der Waals surface area contributed by atoms with Gasteiger partial charge >= 0.3 is 0 Å². The maximum absolute atomic E-state index is 6.05. The van der Waals surface area contributed by atoms with Gasteiger partial charge < -0.3 is 10.3 Å². The molecule has 1 heterocycles. The molecule has 14 heavy (non-hydrogen) atoms. The van der Waals surface area contributed by atoms with Crippen molar-refractivity contribution in [2.45, 2.75) is 46.2 Å². The van der Waals surface area contributed by atoms with Gasteiger partial charge in [-0.05, 0) is 18.8 Å². The van der Waals surface area contributed by atoms with Crippen LogP contribution in [0, 0.1) is 5.92 Å². The lowest BCUT2D eigenvalue weighted by Crippen LogP contribution is -2.18. The molecule has 0 aliphatic heterocycles. The molecular formula is C10H20N4. The number of nitrogens with two attached hydrogens (primary N) is 1. The lowest BCUT2D eigenvalue weighted by molar-refractivity contribution is 0.471. The maximum atomic E-state index is 6.05. The van der Waals surface area contributed by atoms with Gasteiger partial charge in [0.15, 0.2) is 0 Å². The summed E-state index contributed by atoms with van der Waals surface area (Å²) in [7, 11) is 0. The van der Waals surface area contributed by atoms with Crippen LogP contribution in [-0.2, 0) is 6.54 Å². The van der Waals surface area contributed by atoms with E-state index in [-0.39, 0.29) is 6.04 Å². The molecule has 0 unspecified atom stereocenters. The second-order valence-corrected chi connectivity index (χ2v) is 4.12. The predicted molar refractivity (Wildman–Crippen MR) is 56.7 cm³/mol. The number of rotatable bonds is 5. The van der Waals surface area contributed by atoms with Crippen molar-refractivity contribution in [2.75, 3.05) is 0 Å². The topological polar surface area (TPSA) is 56.7 Å². The summed E-state index contributed by atoms with van der Waals surface area (Å²) in [4.78, 5) is 0. The number of hydrogen-bond acceptors (Lipinski definition) is 3. The summed E-state index contributed by atoms with van der Waals surface area (Å²) in [6.07, 6.45) is 3.81. The SMILES string of the molecule is CCCn1cnnc1[C@H](N)CC(C)C. The molecule has 0 amide bonds. The van der Waals surface area contributed by atoms with Crippen LogP contribution in [0.25, 0.3) is 0 Å². The minimum Gasteiger partial charge on any atom is -0.321 e. The molecule has 0 aliphatic rings. The standard InChI is InChI=1S/C10H20N4/c1-4-5-14-7-12-13-10(14)9(11)6-8(2)3/h7-9H,4-6,11H2,1-3H3/t9-/m1/s1. The minimum atomic E-state index is 0.0176. The molecule has 1 atom stereocenters. The molecule has 0 radical (unpaired) electrons. The van der Waals surface area contributed by atoms with Crippen molar-refractivity contribution in [3.63, 3.8) is 0 Å². The van der Waals surface area contributed by atoms with E-state index >= 15 is 0 Å². The van der Waals surface area contributed by atoms with E-state index in [0.29, 0.717) is 5.92 Å². The van der Waals surface area contributed by atoms with Crippen molar-refractivity contribution in [3.8, 4) is 0 Å². The molecule has 1 aromatic heterocycles. The lowest BCUT2D eigenvalue weighted by Gasteiger charge is -2.14. The molecule has 0 bridgehead atoms. The Hall–Kier alpha value is -0.900. The van der Waals surface area contributed by atoms with Gasteiger partial charge in [0.2, 0.25) is 0 Å². The van der Waals surface area contributed by atoms with Crippen LogP contribution in [0.4, 0.5) is 0 Å². The minimum absolute atomic E-state index is 0.0176. The van der Waals surface area contributed by atoms with Gasteiger partial charge in [-0.3, -0.25) is 0 Å². The highest BCUT2D eigenvalue weighted by atomic mass is 15.3. The Labute approximate surface area is 85.5 Å². The van der Waals surface area contributed by atoms with E-state index in [1.54, 1.807) is 6.33 Å². The first-order valence-corrected chi connectivity index (χ1v) is 5.28. The van der Waals surface area contributed by atoms with Crippen LogP contribution in [0.1, 0.15) is 45.5 Å². The van der Waals surface area contributed by atoms with E-state index in [1.807, 2.05) is 4.57 Å². The molecule has 0 fully saturated rings. The van der Waals surface area contributed by atoms with E-state index in [1.165, 1.54) is 0 Å². The molecule has 0 saturated heterocycles. The molecule has 4 heteroatoms. The predicted octanol–water partition coefficient (Wildman–Crippen LogP) is 1.73. The van der Waals surface area contributed by atoms with Gasteiger partial charge in [0.1, 0.15) is 12.2 Å². The third kappa shape index (κ3) is 2.80. The molecule has 0 saturated carbocycles. The third-order valence-electron chi connectivity index (χ3n) is 2.17. The van der Waals surface area contributed by atoms with E-state index in [2.05, 4.69) is 31.0 Å². The molecule has 1 rings (SSSR count). The Morgan fingerprint density at radius 3 is 2.79 bits per heavy atom. The van der Waals surface area contributed by atoms with Gasteiger partial charge in [0.05, 0.1) is 6.04 Å². The fourth-order valence-corrected chi connectivity index (χ4v) is 1.58. The van der Waals surface area contributed by atoms with Crippen LogP contribution in [0.15, 0.2) is 6.33 Å². The zero-order valence-electron chi connectivity index (χ0n) is 9.27. The zero-order valence-corrected chi connectivity index (χ0v) is 9.27. The summed E-state index contributed by atoms with van der Waals surface area (Å²) in [6.45, 7) is 7.42. The molecular weight excluding hydrogens is 176 g/mol. The monoisotopic (exact) mass is 196 g/mol. The summed E-state index contributed by atoms with van der Waals surface area (Å²) in [5, 5.41) is 7.98. The fraction of sp³-hybridized carbons (Fsp3) is 0.800. The van der Waals surface area contributed by atoms with Crippen LogP contribution < -0.4 is 5.73 Å². The van der Waals surface area contributed by atoms with Gasteiger partial charge in [-0.2, -0.15) is 0 Å². The summed E-state index contributed by atoms with van der Waals surface area (Å²) < 4.78 is 2.05. The van der Waals surface area contributed by atoms with Crippen LogP contribution in [-0.4, -0.2) is 14.8 Å². The Balaban J connectivity index is 2.68. The molecule has 1 aromatic rings. The smallest absolute Gasteiger partial charge is 0.149 e. The first-order valence-electron chi connectivity index (χ1n) is 5.28. The van der Waals surface area contributed by atoms with Crippen LogP contribution in [0.3, 0.4) is 0 Å². The Morgan fingerprint density at radius 2 is 2.21 bits per heavy atom. The van der Waals surface area contributed by atoms with Gasteiger partial charge in [0, 0.05) is 6.54 Å². The quantitative estimate of drug-likeness (QED) is 0.780. The lowest BCUT2D eigenvalue weighted by atomic mass is 10.0. The number of nitrogens with zero attached hydrogens (tertiary/aromatic N) is 3. The molecule has 2 N–H and O–H groups in total. The van der Waals surface area contributed by atoms with Gasteiger partial charge in [0.25, 0.3) is 0 Å². The van der Waals surface area contributed by atoms with Gasteiger partial charge in [-0.25, -0.2) is 0 Å². The van der Waals surface area contributed by atoms with Crippen LogP contribution >= 0.6 is 0 Å².